The number of benzene rings is 2. The lowest BCUT2D eigenvalue weighted by Crippen LogP contribution is -2.32. The van der Waals surface area contributed by atoms with E-state index in [1.807, 2.05) is 25.9 Å². The SMILES string of the molecule is Cc1cc(/C(O)=C2\C(=O)C(=O)N(CCCN(C)C)C2c2ccccc2F)ccc1Br. The first-order valence-corrected chi connectivity index (χ1v) is 10.5. The minimum absolute atomic E-state index is 0.0864. The van der Waals surface area contributed by atoms with E-state index in [1.54, 1.807) is 36.4 Å². The smallest absolute Gasteiger partial charge is 0.295 e. The Morgan fingerprint density at radius 1 is 1.20 bits per heavy atom. The summed E-state index contributed by atoms with van der Waals surface area (Å²) in [7, 11) is 3.83. The maximum Gasteiger partial charge on any atom is 0.295 e. The highest BCUT2D eigenvalue weighted by atomic mass is 79.9. The Balaban J connectivity index is 2.13. The Morgan fingerprint density at radius 3 is 2.53 bits per heavy atom. The number of likely N-dealkylation sites (tertiary alicyclic amines) is 1. The maximum atomic E-state index is 14.7. The van der Waals surface area contributed by atoms with Crippen molar-refractivity contribution >= 4 is 33.4 Å². The highest BCUT2D eigenvalue weighted by molar-refractivity contribution is 9.10. The number of hydrogen-bond acceptors (Lipinski definition) is 4. The van der Waals surface area contributed by atoms with Crippen molar-refractivity contribution in [3.63, 3.8) is 0 Å². The van der Waals surface area contributed by atoms with Crippen LogP contribution < -0.4 is 0 Å². The van der Waals surface area contributed by atoms with Crippen LogP contribution in [0.2, 0.25) is 0 Å². The lowest BCUT2D eigenvalue weighted by Gasteiger charge is -2.26. The van der Waals surface area contributed by atoms with Crippen molar-refractivity contribution < 1.29 is 19.1 Å². The number of nitrogens with zero attached hydrogens (tertiary/aromatic N) is 2. The van der Waals surface area contributed by atoms with E-state index in [1.165, 1.54) is 11.0 Å². The lowest BCUT2D eigenvalue weighted by molar-refractivity contribution is -0.140. The Hall–Kier alpha value is -2.51. The molecule has 1 N–H and O–H groups in total. The summed E-state index contributed by atoms with van der Waals surface area (Å²) >= 11 is 3.41. The molecule has 0 spiro atoms. The first kappa shape index (κ1) is 22.2. The van der Waals surface area contributed by atoms with Gasteiger partial charge in [-0.15, -0.1) is 0 Å². The maximum absolute atomic E-state index is 14.7. The number of Topliss-reactive ketones (excluding diaryl/α,β-unsaturated/α-hetero) is 1. The molecular formula is C23H24BrFN2O3. The van der Waals surface area contributed by atoms with E-state index in [0.717, 1.165) is 10.0 Å². The van der Waals surface area contributed by atoms with Crippen molar-refractivity contribution in [1.82, 2.24) is 9.80 Å². The van der Waals surface area contributed by atoms with Gasteiger partial charge in [0.1, 0.15) is 11.6 Å². The van der Waals surface area contributed by atoms with Crippen molar-refractivity contribution in [2.24, 2.45) is 0 Å². The number of carbonyl (C=O) groups excluding carboxylic acids is 2. The van der Waals surface area contributed by atoms with Crippen molar-refractivity contribution in [2.75, 3.05) is 27.2 Å². The molecule has 7 heteroatoms. The number of ketones is 1. The van der Waals surface area contributed by atoms with E-state index in [4.69, 9.17) is 0 Å². The summed E-state index contributed by atoms with van der Waals surface area (Å²) < 4.78 is 15.6. The molecule has 3 rings (SSSR count). The molecule has 2 aromatic rings. The van der Waals surface area contributed by atoms with Gasteiger partial charge in [0.25, 0.3) is 11.7 Å². The van der Waals surface area contributed by atoms with Crippen LogP contribution in [0.4, 0.5) is 4.39 Å². The number of halogens is 2. The molecule has 1 amide bonds. The topological polar surface area (TPSA) is 60.9 Å². The van der Waals surface area contributed by atoms with Crippen LogP contribution in [0.15, 0.2) is 52.5 Å². The molecule has 1 atom stereocenters. The molecule has 30 heavy (non-hydrogen) atoms. The summed E-state index contributed by atoms with van der Waals surface area (Å²) in [4.78, 5) is 29.1. The average Bonchev–Trinajstić information content (AvgIpc) is 2.94. The third kappa shape index (κ3) is 4.32. The number of rotatable bonds is 6. The zero-order valence-electron chi connectivity index (χ0n) is 17.2. The molecular weight excluding hydrogens is 451 g/mol. The van der Waals surface area contributed by atoms with Gasteiger partial charge >= 0.3 is 0 Å². The molecule has 1 heterocycles. The minimum Gasteiger partial charge on any atom is -0.507 e. The van der Waals surface area contributed by atoms with Crippen LogP contribution in [-0.2, 0) is 9.59 Å². The summed E-state index contributed by atoms with van der Waals surface area (Å²) in [6.45, 7) is 2.84. The third-order valence-corrected chi connectivity index (χ3v) is 6.07. The van der Waals surface area contributed by atoms with Gasteiger partial charge in [-0.25, -0.2) is 4.39 Å². The number of hydrogen-bond donors (Lipinski definition) is 1. The third-order valence-electron chi connectivity index (χ3n) is 5.18. The van der Waals surface area contributed by atoms with Crippen molar-refractivity contribution in [2.45, 2.75) is 19.4 Å². The standard InChI is InChI=1S/C23H24BrFN2O3/c1-14-13-15(9-10-17(14)24)21(28)19-20(16-7-4-5-8-18(16)25)27(23(30)22(19)29)12-6-11-26(2)3/h4-5,7-10,13,20,28H,6,11-12H2,1-3H3/b21-19+. The fourth-order valence-corrected chi connectivity index (χ4v) is 3.88. The summed E-state index contributed by atoms with van der Waals surface area (Å²) in [5, 5.41) is 11.0. The summed E-state index contributed by atoms with van der Waals surface area (Å²) in [5.41, 5.74) is 1.37. The molecule has 5 nitrogen and oxygen atoms in total. The van der Waals surface area contributed by atoms with Gasteiger partial charge in [-0.1, -0.05) is 40.2 Å². The number of amides is 1. The quantitative estimate of drug-likeness (QED) is 0.385. The fourth-order valence-electron chi connectivity index (χ4n) is 3.64. The predicted octanol–water partition coefficient (Wildman–Crippen LogP) is 4.27. The molecule has 1 aliphatic rings. The van der Waals surface area contributed by atoms with Gasteiger partial charge in [-0.2, -0.15) is 0 Å². The van der Waals surface area contributed by atoms with Crippen LogP contribution in [0.5, 0.6) is 0 Å². The van der Waals surface area contributed by atoms with Crippen molar-refractivity contribution in [3.05, 3.63) is 75.0 Å². The average molecular weight is 475 g/mol. The van der Waals surface area contributed by atoms with E-state index in [2.05, 4.69) is 15.9 Å². The fraction of sp³-hybridized carbons (Fsp3) is 0.304. The number of aryl methyl sites for hydroxylation is 1. The zero-order valence-corrected chi connectivity index (χ0v) is 18.7. The van der Waals surface area contributed by atoms with Crippen LogP contribution >= 0.6 is 15.9 Å². The second-order valence-corrected chi connectivity index (χ2v) is 8.49. The van der Waals surface area contributed by atoms with Crippen LogP contribution in [0.3, 0.4) is 0 Å². The molecule has 1 saturated heterocycles. The highest BCUT2D eigenvalue weighted by Gasteiger charge is 2.46. The Bertz CT molecular complexity index is 1020. The van der Waals surface area contributed by atoms with E-state index in [-0.39, 0.29) is 23.4 Å². The van der Waals surface area contributed by atoms with Gasteiger partial charge in [0.05, 0.1) is 11.6 Å². The van der Waals surface area contributed by atoms with Gasteiger partial charge in [-0.05, 0) is 57.7 Å². The predicted molar refractivity (Wildman–Crippen MR) is 117 cm³/mol. The Labute approximate surface area is 183 Å². The molecule has 0 bridgehead atoms. The van der Waals surface area contributed by atoms with Crippen molar-refractivity contribution in [1.29, 1.82) is 0 Å². The molecule has 1 aliphatic heterocycles. The Kier molecular flexibility index (Phi) is 6.73. The molecule has 2 aromatic carbocycles. The number of aliphatic hydroxyl groups excluding tert-OH is 1. The molecule has 1 fully saturated rings. The summed E-state index contributed by atoms with van der Waals surface area (Å²) in [6.07, 6.45) is 0.613. The molecule has 158 valence electrons. The zero-order chi connectivity index (χ0) is 22.0. The van der Waals surface area contributed by atoms with Crippen LogP contribution in [0, 0.1) is 12.7 Å². The molecule has 0 radical (unpaired) electrons. The van der Waals surface area contributed by atoms with Gasteiger partial charge in [0.2, 0.25) is 0 Å². The largest absolute Gasteiger partial charge is 0.507 e. The van der Waals surface area contributed by atoms with E-state index in [0.29, 0.717) is 18.5 Å². The second-order valence-electron chi connectivity index (χ2n) is 7.63. The highest BCUT2D eigenvalue weighted by Crippen LogP contribution is 2.40. The van der Waals surface area contributed by atoms with Crippen LogP contribution in [-0.4, -0.2) is 53.8 Å². The lowest BCUT2D eigenvalue weighted by atomic mass is 9.94. The van der Waals surface area contributed by atoms with Gasteiger partial charge in [0.15, 0.2) is 0 Å². The molecule has 0 aliphatic carbocycles. The van der Waals surface area contributed by atoms with Gasteiger partial charge in [-0.3, -0.25) is 9.59 Å². The first-order valence-electron chi connectivity index (χ1n) is 9.66. The van der Waals surface area contributed by atoms with Crippen LogP contribution in [0.25, 0.3) is 5.76 Å². The number of aliphatic hydroxyl groups is 1. The van der Waals surface area contributed by atoms with Gasteiger partial charge in [0, 0.05) is 22.1 Å². The molecule has 0 saturated carbocycles. The molecule has 1 unspecified atom stereocenters. The van der Waals surface area contributed by atoms with Crippen LogP contribution in [0.1, 0.15) is 29.2 Å². The summed E-state index contributed by atoms with van der Waals surface area (Å²) in [6, 6.07) is 10.2. The van der Waals surface area contributed by atoms with E-state index in [9.17, 15) is 19.1 Å². The minimum atomic E-state index is -0.975. The first-order chi connectivity index (χ1) is 14.2. The van der Waals surface area contributed by atoms with Crippen molar-refractivity contribution in [3.8, 4) is 0 Å². The molecule has 0 aromatic heterocycles. The van der Waals surface area contributed by atoms with E-state index < -0.39 is 23.5 Å². The normalized spacial score (nSPS) is 18.5. The second kappa shape index (κ2) is 9.10. The monoisotopic (exact) mass is 474 g/mol. The number of carbonyl (C=O) groups is 2. The van der Waals surface area contributed by atoms with Gasteiger partial charge < -0.3 is 14.9 Å². The summed E-state index contributed by atoms with van der Waals surface area (Å²) in [5.74, 6) is -2.35. The van der Waals surface area contributed by atoms with E-state index >= 15 is 0 Å². The Morgan fingerprint density at radius 2 is 1.90 bits per heavy atom.